The first-order chi connectivity index (χ1) is 8.97. The minimum atomic E-state index is -0.649. The van der Waals surface area contributed by atoms with E-state index in [-0.39, 0.29) is 16.3 Å². The summed E-state index contributed by atoms with van der Waals surface area (Å²) in [6.07, 6.45) is 0. The molecule has 0 aliphatic heterocycles. The summed E-state index contributed by atoms with van der Waals surface area (Å²) >= 11 is 5.53. The highest BCUT2D eigenvalue weighted by atomic mass is 35.5. The van der Waals surface area contributed by atoms with E-state index < -0.39 is 17.5 Å². The molecule has 0 spiro atoms. The SMILES string of the molecule is Cc1ccc(C(=O)Nc2ccc(Cl)c(F)c2)c(F)c1. The number of anilines is 1. The van der Waals surface area contributed by atoms with Crippen molar-refractivity contribution in [2.75, 3.05) is 5.32 Å². The van der Waals surface area contributed by atoms with Crippen molar-refractivity contribution >= 4 is 23.2 Å². The van der Waals surface area contributed by atoms with Gasteiger partial charge in [-0.15, -0.1) is 0 Å². The van der Waals surface area contributed by atoms with E-state index in [4.69, 9.17) is 11.6 Å². The van der Waals surface area contributed by atoms with Crippen LogP contribution in [0.4, 0.5) is 14.5 Å². The lowest BCUT2D eigenvalue weighted by Crippen LogP contribution is -2.14. The number of hydrogen-bond acceptors (Lipinski definition) is 1. The molecule has 0 aliphatic carbocycles. The van der Waals surface area contributed by atoms with Gasteiger partial charge >= 0.3 is 0 Å². The standard InChI is InChI=1S/C14H10ClF2NO/c1-8-2-4-10(12(16)6-8)14(19)18-9-3-5-11(15)13(17)7-9/h2-7H,1H3,(H,18,19). The third-order valence-electron chi connectivity index (χ3n) is 2.55. The van der Waals surface area contributed by atoms with Gasteiger partial charge in [0.2, 0.25) is 0 Å². The third kappa shape index (κ3) is 3.09. The second-order valence-corrected chi connectivity index (χ2v) is 4.47. The first-order valence-corrected chi connectivity index (χ1v) is 5.88. The number of carbonyl (C=O) groups is 1. The van der Waals surface area contributed by atoms with Gasteiger partial charge in [-0.1, -0.05) is 17.7 Å². The third-order valence-corrected chi connectivity index (χ3v) is 2.85. The monoisotopic (exact) mass is 281 g/mol. The van der Waals surface area contributed by atoms with E-state index in [1.165, 1.54) is 24.3 Å². The van der Waals surface area contributed by atoms with Crippen molar-refractivity contribution in [1.29, 1.82) is 0 Å². The second kappa shape index (κ2) is 5.36. The highest BCUT2D eigenvalue weighted by Crippen LogP contribution is 2.20. The zero-order chi connectivity index (χ0) is 14.0. The molecule has 2 nitrogen and oxygen atoms in total. The quantitative estimate of drug-likeness (QED) is 0.879. The molecule has 98 valence electrons. The molecule has 0 saturated carbocycles. The van der Waals surface area contributed by atoms with Crippen LogP contribution in [0.5, 0.6) is 0 Å². The molecule has 2 aromatic rings. The van der Waals surface area contributed by atoms with Gasteiger partial charge < -0.3 is 5.32 Å². The Kier molecular flexibility index (Phi) is 3.81. The maximum atomic E-state index is 13.6. The maximum absolute atomic E-state index is 13.6. The minimum Gasteiger partial charge on any atom is -0.322 e. The number of benzene rings is 2. The molecule has 1 N–H and O–H groups in total. The summed E-state index contributed by atoms with van der Waals surface area (Å²) in [5.41, 5.74) is 0.833. The smallest absolute Gasteiger partial charge is 0.258 e. The lowest BCUT2D eigenvalue weighted by atomic mass is 10.1. The summed E-state index contributed by atoms with van der Waals surface area (Å²) in [7, 11) is 0. The Morgan fingerprint density at radius 3 is 2.47 bits per heavy atom. The van der Waals surface area contributed by atoms with Crippen molar-refractivity contribution in [2.24, 2.45) is 0 Å². The summed E-state index contributed by atoms with van der Waals surface area (Å²) in [5.74, 6) is -1.91. The number of aryl methyl sites for hydroxylation is 1. The van der Waals surface area contributed by atoms with E-state index in [0.29, 0.717) is 5.56 Å². The zero-order valence-electron chi connectivity index (χ0n) is 10.0. The summed E-state index contributed by atoms with van der Waals surface area (Å²) in [4.78, 5) is 11.8. The topological polar surface area (TPSA) is 29.1 Å². The summed E-state index contributed by atoms with van der Waals surface area (Å²) < 4.78 is 26.8. The number of rotatable bonds is 2. The van der Waals surface area contributed by atoms with Crippen LogP contribution in [0.3, 0.4) is 0 Å². The van der Waals surface area contributed by atoms with Gasteiger partial charge in [-0.2, -0.15) is 0 Å². The first kappa shape index (κ1) is 13.5. The Balaban J connectivity index is 2.23. The molecule has 1 amide bonds. The van der Waals surface area contributed by atoms with Crippen LogP contribution in [-0.4, -0.2) is 5.91 Å². The summed E-state index contributed by atoms with van der Waals surface area (Å²) in [5, 5.41) is 2.37. The van der Waals surface area contributed by atoms with Gasteiger partial charge in [-0.05, 0) is 42.8 Å². The Labute approximate surface area is 114 Å². The average molecular weight is 282 g/mol. The van der Waals surface area contributed by atoms with Crippen molar-refractivity contribution in [2.45, 2.75) is 6.92 Å². The fraction of sp³-hybridized carbons (Fsp3) is 0.0714. The van der Waals surface area contributed by atoms with Crippen molar-refractivity contribution in [3.05, 3.63) is 64.2 Å². The van der Waals surface area contributed by atoms with Gasteiger partial charge in [0.15, 0.2) is 0 Å². The van der Waals surface area contributed by atoms with Gasteiger partial charge in [-0.25, -0.2) is 8.78 Å². The largest absolute Gasteiger partial charge is 0.322 e. The van der Waals surface area contributed by atoms with Crippen LogP contribution >= 0.6 is 11.6 Å². The molecule has 2 aromatic carbocycles. The van der Waals surface area contributed by atoms with E-state index in [2.05, 4.69) is 5.32 Å². The van der Waals surface area contributed by atoms with Crippen LogP contribution in [0, 0.1) is 18.6 Å². The second-order valence-electron chi connectivity index (χ2n) is 4.07. The number of amides is 1. The van der Waals surface area contributed by atoms with Crippen LogP contribution < -0.4 is 5.32 Å². The van der Waals surface area contributed by atoms with E-state index in [1.807, 2.05) is 0 Å². The molecule has 0 radical (unpaired) electrons. The number of nitrogens with one attached hydrogen (secondary N) is 1. The van der Waals surface area contributed by atoms with Gasteiger partial charge in [0, 0.05) is 5.69 Å². The molecule has 2 rings (SSSR count). The van der Waals surface area contributed by atoms with Crippen LogP contribution in [0.25, 0.3) is 0 Å². The van der Waals surface area contributed by atoms with Crippen LogP contribution in [0.1, 0.15) is 15.9 Å². The van der Waals surface area contributed by atoms with Crippen LogP contribution in [0.2, 0.25) is 5.02 Å². The van der Waals surface area contributed by atoms with E-state index in [1.54, 1.807) is 13.0 Å². The van der Waals surface area contributed by atoms with Crippen LogP contribution in [0.15, 0.2) is 36.4 Å². The number of hydrogen-bond donors (Lipinski definition) is 1. The van der Waals surface area contributed by atoms with Gasteiger partial charge in [0.25, 0.3) is 5.91 Å². The lowest BCUT2D eigenvalue weighted by molar-refractivity contribution is 0.102. The van der Waals surface area contributed by atoms with Crippen molar-refractivity contribution in [3.8, 4) is 0 Å². The molecule has 0 aromatic heterocycles. The lowest BCUT2D eigenvalue weighted by Gasteiger charge is -2.07. The maximum Gasteiger partial charge on any atom is 0.258 e. The average Bonchev–Trinajstić information content (AvgIpc) is 2.33. The van der Waals surface area contributed by atoms with Crippen LogP contribution in [-0.2, 0) is 0 Å². The zero-order valence-corrected chi connectivity index (χ0v) is 10.8. The predicted molar refractivity (Wildman–Crippen MR) is 70.5 cm³/mol. The first-order valence-electron chi connectivity index (χ1n) is 5.50. The highest BCUT2D eigenvalue weighted by molar-refractivity contribution is 6.30. The molecule has 0 bridgehead atoms. The normalized spacial score (nSPS) is 10.3. The Bertz CT molecular complexity index is 643. The molecule has 0 heterocycles. The van der Waals surface area contributed by atoms with Crippen molar-refractivity contribution < 1.29 is 13.6 Å². The van der Waals surface area contributed by atoms with Gasteiger partial charge in [-0.3, -0.25) is 4.79 Å². The van der Waals surface area contributed by atoms with E-state index in [9.17, 15) is 13.6 Å². The number of carbonyl (C=O) groups excluding carboxylic acids is 1. The molecule has 0 atom stereocenters. The highest BCUT2D eigenvalue weighted by Gasteiger charge is 2.12. The number of halogens is 3. The molecule has 19 heavy (non-hydrogen) atoms. The van der Waals surface area contributed by atoms with Gasteiger partial charge in [0.1, 0.15) is 11.6 Å². The van der Waals surface area contributed by atoms with E-state index in [0.717, 1.165) is 6.07 Å². The van der Waals surface area contributed by atoms with E-state index >= 15 is 0 Å². The molecular weight excluding hydrogens is 272 g/mol. The molecule has 0 saturated heterocycles. The molecular formula is C14H10ClF2NO. The Morgan fingerprint density at radius 1 is 1.11 bits per heavy atom. The van der Waals surface area contributed by atoms with Gasteiger partial charge in [0.05, 0.1) is 10.6 Å². The molecule has 0 unspecified atom stereocenters. The predicted octanol–water partition coefficient (Wildman–Crippen LogP) is 4.18. The molecule has 0 aliphatic rings. The fourth-order valence-electron chi connectivity index (χ4n) is 1.58. The molecule has 5 heteroatoms. The van der Waals surface area contributed by atoms with Crippen molar-refractivity contribution in [3.63, 3.8) is 0 Å². The summed E-state index contributed by atoms with van der Waals surface area (Å²) in [6, 6.07) is 8.10. The molecule has 0 fully saturated rings. The Morgan fingerprint density at radius 2 is 1.84 bits per heavy atom. The van der Waals surface area contributed by atoms with Crippen molar-refractivity contribution in [1.82, 2.24) is 0 Å². The minimum absolute atomic E-state index is 0.0421. The fourth-order valence-corrected chi connectivity index (χ4v) is 1.69. The summed E-state index contributed by atoms with van der Waals surface area (Å²) in [6.45, 7) is 1.72. The Hall–Kier alpha value is -1.94.